The lowest BCUT2D eigenvalue weighted by atomic mass is 10.1. The summed E-state index contributed by atoms with van der Waals surface area (Å²) in [5.74, 6) is 0.129. The molecule has 0 aliphatic heterocycles. The second-order valence-corrected chi connectivity index (χ2v) is 6.30. The van der Waals surface area contributed by atoms with E-state index in [-0.39, 0.29) is 6.54 Å². The summed E-state index contributed by atoms with van der Waals surface area (Å²) in [7, 11) is 3.13. The molecule has 0 saturated heterocycles. The summed E-state index contributed by atoms with van der Waals surface area (Å²) in [6.07, 6.45) is 4.79. The zero-order valence-electron chi connectivity index (χ0n) is 16.7. The maximum Gasteiger partial charge on any atom is 0.244 e. The second kappa shape index (κ2) is 9.42. The van der Waals surface area contributed by atoms with Crippen molar-refractivity contribution in [1.29, 1.82) is 0 Å². The number of rotatable bonds is 8. The standard InChI is InChI=1S/C22H22N4O4/c1-29-18-10-8-15(12-19(18)30-2)22-16(9-11-21(28)24-13-20(23)27)14-26(25-22)17-6-4-3-5-7-17/h3-12,14H,13H2,1-2H3,(H2,23,27)(H,24,28)/b11-9+. The minimum absolute atomic E-state index is 0.227. The van der Waals surface area contributed by atoms with E-state index < -0.39 is 11.8 Å². The average molecular weight is 406 g/mol. The predicted molar refractivity (Wildman–Crippen MR) is 113 cm³/mol. The Balaban J connectivity index is 2.01. The molecule has 3 N–H and O–H groups in total. The van der Waals surface area contributed by atoms with E-state index in [0.717, 1.165) is 11.3 Å². The first-order valence-electron chi connectivity index (χ1n) is 9.13. The topological polar surface area (TPSA) is 108 Å². The van der Waals surface area contributed by atoms with Gasteiger partial charge >= 0.3 is 0 Å². The molecule has 30 heavy (non-hydrogen) atoms. The maximum atomic E-state index is 12.0. The van der Waals surface area contributed by atoms with E-state index >= 15 is 0 Å². The Bertz CT molecular complexity index is 1070. The van der Waals surface area contributed by atoms with Gasteiger partial charge in [0.05, 0.1) is 26.5 Å². The molecule has 8 nitrogen and oxygen atoms in total. The fourth-order valence-electron chi connectivity index (χ4n) is 2.83. The summed E-state index contributed by atoms with van der Waals surface area (Å²) in [5.41, 5.74) is 8.08. The number of nitrogens with two attached hydrogens (primary N) is 1. The Hall–Kier alpha value is -4.07. The van der Waals surface area contributed by atoms with E-state index in [1.807, 2.05) is 48.7 Å². The first kappa shape index (κ1) is 20.7. The van der Waals surface area contributed by atoms with Gasteiger partial charge in [-0.25, -0.2) is 4.68 Å². The Morgan fingerprint density at radius 2 is 1.83 bits per heavy atom. The van der Waals surface area contributed by atoms with Crippen molar-refractivity contribution in [2.75, 3.05) is 20.8 Å². The lowest BCUT2D eigenvalue weighted by Crippen LogP contribution is -2.32. The van der Waals surface area contributed by atoms with Crippen molar-refractivity contribution in [3.8, 4) is 28.4 Å². The van der Waals surface area contributed by atoms with Gasteiger partial charge in [0.2, 0.25) is 11.8 Å². The van der Waals surface area contributed by atoms with E-state index in [1.54, 1.807) is 31.0 Å². The Labute approximate surface area is 173 Å². The number of para-hydroxylation sites is 1. The lowest BCUT2D eigenvalue weighted by molar-refractivity contribution is -0.122. The van der Waals surface area contributed by atoms with Crippen LogP contribution >= 0.6 is 0 Å². The Morgan fingerprint density at radius 3 is 2.50 bits per heavy atom. The van der Waals surface area contributed by atoms with Crippen LogP contribution in [0.1, 0.15) is 5.56 Å². The molecule has 1 aromatic heterocycles. The average Bonchev–Trinajstić information content (AvgIpc) is 3.20. The number of carbonyl (C=O) groups is 2. The maximum absolute atomic E-state index is 12.0. The molecule has 0 bridgehead atoms. The normalized spacial score (nSPS) is 10.7. The first-order chi connectivity index (χ1) is 14.5. The molecule has 0 atom stereocenters. The summed E-state index contributed by atoms with van der Waals surface area (Å²) in [6, 6.07) is 15.1. The van der Waals surface area contributed by atoms with Crippen LogP contribution < -0.4 is 20.5 Å². The zero-order chi connectivity index (χ0) is 21.5. The van der Waals surface area contributed by atoms with E-state index in [2.05, 4.69) is 5.32 Å². The molecule has 0 saturated carbocycles. The van der Waals surface area contributed by atoms with Gasteiger partial charge in [-0.1, -0.05) is 18.2 Å². The van der Waals surface area contributed by atoms with Crippen molar-refractivity contribution in [3.05, 3.63) is 66.4 Å². The number of methoxy groups -OCH3 is 2. The van der Waals surface area contributed by atoms with Crippen molar-refractivity contribution in [2.24, 2.45) is 5.73 Å². The fraction of sp³-hybridized carbons (Fsp3) is 0.136. The number of nitrogens with zero attached hydrogens (tertiary/aromatic N) is 2. The van der Waals surface area contributed by atoms with Gasteiger partial charge in [-0.3, -0.25) is 9.59 Å². The summed E-state index contributed by atoms with van der Waals surface area (Å²) in [5, 5.41) is 7.12. The zero-order valence-corrected chi connectivity index (χ0v) is 16.7. The van der Waals surface area contributed by atoms with Crippen molar-refractivity contribution in [1.82, 2.24) is 15.1 Å². The second-order valence-electron chi connectivity index (χ2n) is 6.30. The number of carbonyl (C=O) groups excluding carboxylic acids is 2. The number of primary amides is 1. The highest BCUT2D eigenvalue weighted by molar-refractivity contribution is 5.94. The number of aromatic nitrogens is 2. The molecule has 0 unspecified atom stereocenters. The van der Waals surface area contributed by atoms with Crippen LogP contribution in [-0.2, 0) is 9.59 Å². The third-order valence-corrected chi connectivity index (χ3v) is 4.27. The molecule has 0 aliphatic carbocycles. The minimum Gasteiger partial charge on any atom is -0.493 e. The molecule has 0 spiro atoms. The van der Waals surface area contributed by atoms with Crippen LogP contribution in [-0.4, -0.2) is 42.4 Å². The Morgan fingerprint density at radius 1 is 1.10 bits per heavy atom. The monoisotopic (exact) mass is 406 g/mol. The molecule has 2 aromatic carbocycles. The van der Waals surface area contributed by atoms with Gasteiger partial charge in [-0.05, 0) is 36.4 Å². The highest BCUT2D eigenvalue weighted by atomic mass is 16.5. The first-order valence-corrected chi connectivity index (χ1v) is 9.13. The molecule has 3 aromatic rings. The lowest BCUT2D eigenvalue weighted by Gasteiger charge is -2.09. The smallest absolute Gasteiger partial charge is 0.244 e. The number of amides is 2. The van der Waals surface area contributed by atoms with Gasteiger partial charge in [0.15, 0.2) is 11.5 Å². The van der Waals surface area contributed by atoms with Crippen LogP contribution in [0.15, 0.2) is 60.8 Å². The third-order valence-electron chi connectivity index (χ3n) is 4.27. The SMILES string of the molecule is COc1ccc(-c2nn(-c3ccccc3)cc2/C=C/C(=O)NCC(N)=O)cc1OC. The molecule has 154 valence electrons. The summed E-state index contributed by atoms with van der Waals surface area (Å²) >= 11 is 0. The van der Waals surface area contributed by atoms with Crippen LogP contribution in [0.25, 0.3) is 23.0 Å². The van der Waals surface area contributed by atoms with Crippen molar-refractivity contribution in [3.63, 3.8) is 0 Å². The molecule has 8 heteroatoms. The van der Waals surface area contributed by atoms with Crippen LogP contribution in [0.2, 0.25) is 0 Å². The highest BCUT2D eigenvalue weighted by Crippen LogP contribution is 2.33. The molecule has 0 radical (unpaired) electrons. The number of nitrogens with one attached hydrogen (secondary N) is 1. The van der Waals surface area contributed by atoms with E-state index in [1.165, 1.54) is 6.08 Å². The number of hydrogen-bond acceptors (Lipinski definition) is 5. The molecule has 2 amide bonds. The summed E-state index contributed by atoms with van der Waals surface area (Å²) in [6.45, 7) is -0.227. The van der Waals surface area contributed by atoms with Crippen LogP contribution in [0, 0.1) is 0 Å². The highest BCUT2D eigenvalue weighted by Gasteiger charge is 2.14. The number of ether oxygens (including phenoxy) is 2. The third kappa shape index (κ3) is 4.85. The summed E-state index contributed by atoms with van der Waals surface area (Å²) in [4.78, 5) is 22.8. The molecular formula is C22H22N4O4. The predicted octanol–water partition coefficient (Wildman–Crippen LogP) is 2.17. The van der Waals surface area contributed by atoms with Gasteiger partial charge < -0.3 is 20.5 Å². The largest absolute Gasteiger partial charge is 0.493 e. The van der Waals surface area contributed by atoms with Crippen molar-refractivity contribution >= 4 is 17.9 Å². The van der Waals surface area contributed by atoms with E-state index in [9.17, 15) is 9.59 Å². The molecule has 0 fully saturated rings. The van der Waals surface area contributed by atoms with Crippen LogP contribution in [0.5, 0.6) is 11.5 Å². The number of benzene rings is 2. The fourth-order valence-corrected chi connectivity index (χ4v) is 2.83. The van der Waals surface area contributed by atoms with Crippen molar-refractivity contribution < 1.29 is 19.1 Å². The summed E-state index contributed by atoms with van der Waals surface area (Å²) < 4.78 is 12.4. The van der Waals surface area contributed by atoms with E-state index in [4.69, 9.17) is 20.3 Å². The van der Waals surface area contributed by atoms with Crippen LogP contribution in [0.3, 0.4) is 0 Å². The van der Waals surface area contributed by atoms with Gasteiger partial charge in [0, 0.05) is 23.4 Å². The molecule has 0 aliphatic rings. The van der Waals surface area contributed by atoms with Gasteiger partial charge in [-0.2, -0.15) is 5.10 Å². The van der Waals surface area contributed by atoms with E-state index in [0.29, 0.717) is 22.8 Å². The quantitative estimate of drug-likeness (QED) is 0.558. The van der Waals surface area contributed by atoms with Crippen molar-refractivity contribution in [2.45, 2.75) is 0 Å². The Kier molecular flexibility index (Phi) is 6.49. The van der Waals surface area contributed by atoms with Gasteiger partial charge in [0.1, 0.15) is 5.69 Å². The van der Waals surface area contributed by atoms with Crippen LogP contribution in [0.4, 0.5) is 0 Å². The van der Waals surface area contributed by atoms with Gasteiger partial charge in [-0.15, -0.1) is 0 Å². The molecule has 3 rings (SSSR count). The molecular weight excluding hydrogens is 384 g/mol. The molecule has 1 heterocycles. The van der Waals surface area contributed by atoms with Gasteiger partial charge in [0.25, 0.3) is 0 Å². The minimum atomic E-state index is -0.611. The number of hydrogen-bond donors (Lipinski definition) is 2.